The van der Waals surface area contributed by atoms with Crippen molar-refractivity contribution in [1.82, 2.24) is 9.88 Å². The Balaban J connectivity index is 2.49. The molecule has 0 radical (unpaired) electrons. The lowest BCUT2D eigenvalue weighted by atomic mass is 10.0. The van der Waals surface area contributed by atoms with Gasteiger partial charge in [-0.05, 0) is 32.0 Å². The number of hydrogen-bond donors (Lipinski definition) is 0. The van der Waals surface area contributed by atoms with E-state index in [1.807, 2.05) is 7.05 Å². The van der Waals surface area contributed by atoms with Crippen LogP contribution in [0.25, 0.3) is 0 Å². The van der Waals surface area contributed by atoms with Crippen molar-refractivity contribution < 1.29 is 9.18 Å². The monoisotopic (exact) mass is 252 g/mol. The van der Waals surface area contributed by atoms with Gasteiger partial charge in [-0.1, -0.05) is 13.8 Å². The number of carbonyl (C=O) groups excluding carboxylic acids is 1. The molecule has 0 saturated heterocycles. The molecule has 1 unspecified atom stereocenters. The molecule has 0 fully saturated rings. The molecule has 0 aliphatic rings. The van der Waals surface area contributed by atoms with E-state index in [-0.39, 0.29) is 5.78 Å². The lowest BCUT2D eigenvalue weighted by Crippen LogP contribution is -2.34. The van der Waals surface area contributed by atoms with E-state index in [9.17, 15) is 9.18 Å². The number of nitrogens with zero attached hydrogens (tertiary/aromatic N) is 2. The van der Waals surface area contributed by atoms with Gasteiger partial charge in [0.2, 0.25) is 0 Å². The SMILES string of the molecule is CC(C)C(C)N(C)CCC(=O)c1ccc(F)cn1. The van der Waals surface area contributed by atoms with Gasteiger partial charge in [0.1, 0.15) is 11.5 Å². The molecule has 0 amide bonds. The highest BCUT2D eigenvalue weighted by atomic mass is 19.1. The first kappa shape index (κ1) is 14.8. The molecule has 1 aromatic rings. The number of pyridine rings is 1. The van der Waals surface area contributed by atoms with Gasteiger partial charge >= 0.3 is 0 Å². The first-order chi connectivity index (χ1) is 8.41. The third-order valence-electron chi connectivity index (χ3n) is 3.36. The Labute approximate surface area is 108 Å². The molecule has 1 atom stereocenters. The molecule has 0 aromatic carbocycles. The molecule has 18 heavy (non-hydrogen) atoms. The number of rotatable bonds is 6. The predicted octanol–water partition coefficient (Wildman–Crippen LogP) is 2.77. The van der Waals surface area contributed by atoms with Gasteiger partial charge in [0.25, 0.3) is 0 Å². The predicted molar refractivity (Wildman–Crippen MR) is 70.1 cm³/mol. The van der Waals surface area contributed by atoms with E-state index in [0.717, 1.165) is 6.20 Å². The number of ketones is 1. The van der Waals surface area contributed by atoms with E-state index in [1.165, 1.54) is 12.1 Å². The number of hydrogen-bond acceptors (Lipinski definition) is 3. The van der Waals surface area contributed by atoms with Crippen molar-refractivity contribution >= 4 is 5.78 Å². The smallest absolute Gasteiger partial charge is 0.182 e. The van der Waals surface area contributed by atoms with Gasteiger partial charge in [-0.15, -0.1) is 0 Å². The van der Waals surface area contributed by atoms with Crippen LogP contribution in [0.2, 0.25) is 0 Å². The van der Waals surface area contributed by atoms with Gasteiger partial charge in [-0.2, -0.15) is 0 Å². The van der Waals surface area contributed by atoms with Crippen LogP contribution in [-0.4, -0.2) is 35.3 Å². The molecule has 0 aliphatic carbocycles. The first-order valence-electron chi connectivity index (χ1n) is 6.26. The van der Waals surface area contributed by atoms with E-state index in [0.29, 0.717) is 30.6 Å². The summed E-state index contributed by atoms with van der Waals surface area (Å²) >= 11 is 0. The maximum atomic E-state index is 12.7. The number of aromatic nitrogens is 1. The minimum absolute atomic E-state index is 0.0437. The molecule has 1 rings (SSSR count). The molecule has 0 aliphatic heterocycles. The average molecular weight is 252 g/mol. The second kappa shape index (κ2) is 6.59. The highest BCUT2D eigenvalue weighted by Crippen LogP contribution is 2.09. The second-order valence-corrected chi connectivity index (χ2v) is 5.00. The molecular weight excluding hydrogens is 231 g/mol. The van der Waals surface area contributed by atoms with Crippen LogP contribution in [0.15, 0.2) is 18.3 Å². The molecule has 1 aromatic heterocycles. The van der Waals surface area contributed by atoms with E-state index in [4.69, 9.17) is 0 Å². The Morgan fingerprint density at radius 1 is 1.39 bits per heavy atom. The Kier molecular flexibility index (Phi) is 5.41. The molecule has 1 heterocycles. The van der Waals surface area contributed by atoms with Crippen molar-refractivity contribution in [2.24, 2.45) is 5.92 Å². The van der Waals surface area contributed by atoms with Gasteiger partial charge in [-0.25, -0.2) is 4.39 Å². The Morgan fingerprint density at radius 2 is 2.06 bits per heavy atom. The van der Waals surface area contributed by atoms with Crippen molar-refractivity contribution in [1.29, 1.82) is 0 Å². The van der Waals surface area contributed by atoms with Crippen LogP contribution in [0, 0.1) is 11.7 Å². The van der Waals surface area contributed by atoms with Crippen molar-refractivity contribution in [2.75, 3.05) is 13.6 Å². The maximum absolute atomic E-state index is 12.7. The van der Waals surface area contributed by atoms with Gasteiger partial charge in [0, 0.05) is 19.0 Å². The number of halogens is 1. The van der Waals surface area contributed by atoms with E-state index in [2.05, 4.69) is 30.7 Å². The van der Waals surface area contributed by atoms with Crippen molar-refractivity contribution in [3.05, 3.63) is 29.8 Å². The molecule has 0 spiro atoms. The lowest BCUT2D eigenvalue weighted by Gasteiger charge is -2.27. The summed E-state index contributed by atoms with van der Waals surface area (Å²) in [4.78, 5) is 17.8. The normalized spacial score (nSPS) is 13.1. The summed E-state index contributed by atoms with van der Waals surface area (Å²) in [6.07, 6.45) is 1.49. The second-order valence-electron chi connectivity index (χ2n) is 5.00. The van der Waals surface area contributed by atoms with E-state index < -0.39 is 5.82 Å². The highest BCUT2D eigenvalue weighted by Gasteiger charge is 2.15. The Morgan fingerprint density at radius 3 is 2.56 bits per heavy atom. The van der Waals surface area contributed by atoms with Crippen LogP contribution in [0.5, 0.6) is 0 Å². The van der Waals surface area contributed by atoms with Crippen LogP contribution in [0.3, 0.4) is 0 Å². The summed E-state index contributed by atoms with van der Waals surface area (Å²) in [5.74, 6) is 0.0870. The first-order valence-corrected chi connectivity index (χ1v) is 6.26. The highest BCUT2D eigenvalue weighted by molar-refractivity contribution is 5.94. The summed E-state index contributed by atoms with van der Waals surface area (Å²) in [7, 11) is 2.01. The number of carbonyl (C=O) groups is 1. The zero-order valence-electron chi connectivity index (χ0n) is 11.5. The fraction of sp³-hybridized carbons (Fsp3) is 0.571. The van der Waals surface area contributed by atoms with Crippen LogP contribution in [0.1, 0.15) is 37.7 Å². The largest absolute Gasteiger partial charge is 0.303 e. The summed E-state index contributed by atoms with van der Waals surface area (Å²) < 4.78 is 12.7. The van der Waals surface area contributed by atoms with E-state index in [1.54, 1.807) is 0 Å². The van der Waals surface area contributed by atoms with Crippen LogP contribution < -0.4 is 0 Å². The topological polar surface area (TPSA) is 33.2 Å². The van der Waals surface area contributed by atoms with Gasteiger partial charge in [-0.3, -0.25) is 9.78 Å². The lowest BCUT2D eigenvalue weighted by molar-refractivity contribution is 0.0950. The molecule has 0 saturated carbocycles. The third-order valence-corrected chi connectivity index (χ3v) is 3.36. The molecule has 4 heteroatoms. The summed E-state index contributed by atoms with van der Waals surface area (Å²) in [5, 5.41) is 0. The zero-order valence-corrected chi connectivity index (χ0v) is 11.5. The minimum atomic E-state index is -0.419. The van der Waals surface area contributed by atoms with Crippen molar-refractivity contribution in [3.63, 3.8) is 0 Å². The molecule has 0 N–H and O–H groups in total. The van der Waals surface area contributed by atoms with Gasteiger partial charge < -0.3 is 4.90 Å². The fourth-order valence-corrected chi connectivity index (χ4v) is 1.66. The van der Waals surface area contributed by atoms with Gasteiger partial charge in [0.05, 0.1) is 6.20 Å². The van der Waals surface area contributed by atoms with Gasteiger partial charge in [0.15, 0.2) is 5.78 Å². The molecular formula is C14H21FN2O. The fourth-order valence-electron chi connectivity index (χ4n) is 1.66. The van der Waals surface area contributed by atoms with Crippen molar-refractivity contribution in [3.8, 4) is 0 Å². The summed E-state index contributed by atoms with van der Waals surface area (Å²) in [6.45, 7) is 7.15. The quantitative estimate of drug-likeness (QED) is 0.730. The van der Waals surface area contributed by atoms with Crippen molar-refractivity contribution in [2.45, 2.75) is 33.2 Å². The summed E-state index contributed by atoms with van der Waals surface area (Å²) in [6, 6.07) is 3.13. The number of Topliss-reactive ketones (excluding diaryl/α,β-unsaturated/α-hetero) is 1. The minimum Gasteiger partial charge on any atom is -0.303 e. The maximum Gasteiger partial charge on any atom is 0.182 e. The Hall–Kier alpha value is -1.29. The van der Waals surface area contributed by atoms with Crippen LogP contribution in [0.4, 0.5) is 4.39 Å². The zero-order chi connectivity index (χ0) is 13.7. The third kappa shape index (κ3) is 4.18. The van der Waals surface area contributed by atoms with Crippen LogP contribution >= 0.6 is 0 Å². The molecule has 3 nitrogen and oxygen atoms in total. The summed E-state index contributed by atoms with van der Waals surface area (Å²) in [5.41, 5.74) is 0.335. The standard InChI is InChI=1S/C14H21FN2O/c1-10(2)11(3)17(4)8-7-14(18)13-6-5-12(15)9-16-13/h5-6,9-11H,7-8H2,1-4H3. The Bertz CT molecular complexity index is 389. The molecule has 100 valence electrons. The van der Waals surface area contributed by atoms with E-state index >= 15 is 0 Å². The van der Waals surface area contributed by atoms with Crippen LogP contribution in [-0.2, 0) is 0 Å². The molecule has 0 bridgehead atoms. The average Bonchev–Trinajstić information content (AvgIpc) is 2.35.